The summed E-state index contributed by atoms with van der Waals surface area (Å²) in [7, 11) is 0. The molecule has 10 nitrogen and oxygen atoms in total. The van der Waals surface area contributed by atoms with Gasteiger partial charge in [0.1, 0.15) is 21.2 Å². The summed E-state index contributed by atoms with van der Waals surface area (Å²) >= 11 is 0.665. The van der Waals surface area contributed by atoms with Gasteiger partial charge in [-0.25, -0.2) is 27.7 Å². The third-order valence-electron chi connectivity index (χ3n) is 7.15. The Hall–Kier alpha value is -5.32. The van der Waals surface area contributed by atoms with E-state index in [1.807, 2.05) is 6.92 Å². The molecule has 0 fully saturated rings. The summed E-state index contributed by atoms with van der Waals surface area (Å²) in [6.07, 6.45) is -6.46. The maximum Gasteiger partial charge on any atom is 0.433 e. The molecule has 0 spiro atoms. The van der Waals surface area contributed by atoms with Gasteiger partial charge in [-0.2, -0.15) is 23.4 Å². The van der Waals surface area contributed by atoms with Crippen molar-refractivity contribution in [1.29, 1.82) is 0 Å². The van der Waals surface area contributed by atoms with E-state index in [1.54, 1.807) is 11.6 Å². The van der Waals surface area contributed by atoms with Gasteiger partial charge in [-0.05, 0) is 55.8 Å². The van der Waals surface area contributed by atoms with Crippen molar-refractivity contribution >= 4 is 44.7 Å². The van der Waals surface area contributed by atoms with Crippen LogP contribution in [0.3, 0.4) is 0 Å². The van der Waals surface area contributed by atoms with Crippen LogP contribution in [0.4, 0.5) is 32.0 Å². The predicted octanol–water partition coefficient (Wildman–Crippen LogP) is 6.64. The number of hydrogen-bond donors (Lipinski definition) is 2. The van der Waals surface area contributed by atoms with E-state index < -0.39 is 47.3 Å². The van der Waals surface area contributed by atoms with Gasteiger partial charge in [-0.3, -0.25) is 14.3 Å². The Balaban J connectivity index is 1.51. The third-order valence-corrected chi connectivity index (χ3v) is 8.25. The van der Waals surface area contributed by atoms with Crippen LogP contribution in [0.1, 0.15) is 50.6 Å². The van der Waals surface area contributed by atoms with Gasteiger partial charge < -0.3 is 11.1 Å². The number of aryl methyl sites for hydroxylation is 1. The summed E-state index contributed by atoms with van der Waals surface area (Å²) in [5.74, 6) is -2.66. The smallest absolute Gasteiger partial charge is 0.365 e. The number of amides is 2. The van der Waals surface area contributed by atoms with Crippen LogP contribution in [0.25, 0.3) is 38.2 Å². The molecule has 3 N–H and O–H groups in total. The minimum absolute atomic E-state index is 0.0412. The number of anilines is 1. The molecule has 0 aliphatic rings. The first kappa shape index (κ1) is 30.7. The molecule has 236 valence electrons. The van der Waals surface area contributed by atoms with Gasteiger partial charge in [0.15, 0.2) is 17.0 Å². The Bertz CT molecular complexity index is 2170. The lowest BCUT2D eigenvalue weighted by atomic mass is 10.0. The van der Waals surface area contributed by atoms with Crippen LogP contribution in [0, 0.1) is 12.7 Å². The highest BCUT2D eigenvalue weighted by Gasteiger charge is 2.36. The van der Waals surface area contributed by atoms with Crippen LogP contribution in [0.2, 0.25) is 0 Å². The molecule has 6 aromatic rings. The molecule has 6 rings (SSSR count). The molecular formula is C29H20F6N8O2S. The number of fused-ring (bicyclic) bond motifs is 2. The van der Waals surface area contributed by atoms with E-state index in [0.717, 1.165) is 24.3 Å². The second-order valence-electron chi connectivity index (χ2n) is 9.99. The van der Waals surface area contributed by atoms with Crippen LogP contribution < -0.4 is 11.1 Å². The van der Waals surface area contributed by atoms with Crippen molar-refractivity contribution in [3.63, 3.8) is 0 Å². The summed E-state index contributed by atoms with van der Waals surface area (Å²) in [5.41, 5.74) is 3.92. The first-order valence-electron chi connectivity index (χ1n) is 13.4. The summed E-state index contributed by atoms with van der Waals surface area (Å²) in [6, 6.07) is 7.46. The molecule has 1 aromatic carbocycles. The number of nitrogens with zero attached hydrogens (tertiary/aromatic N) is 6. The van der Waals surface area contributed by atoms with Crippen molar-refractivity contribution < 1.29 is 35.9 Å². The standard InChI is InChI=1S/C29H20F6N8O2S/c1-3-42-12(2)16(11-37-42)15-8-18(25(31)32)39-28-22(15)23(24(46-28)26(36)44)40-27(45)19-10-21-38-17(13-4-6-14(30)7-5-13)9-20(29(33,34)35)43(21)41-19/h4-11,25H,3H2,1-2H3,(H2,36,44)(H,40,45). The summed E-state index contributed by atoms with van der Waals surface area (Å²) < 4.78 is 85.5. The zero-order chi connectivity index (χ0) is 33.1. The van der Waals surface area contributed by atoms with E-state index >= 15 is 0 Å². The Morgan fingerprint density at radius 1 is 1.07 bits per heavy atom. The largest absolute Gasteiger partial charge is 0.433 e. The van der Waals surface area contributed by atoms with E-state index in [1.165, 1.54) is 18.3 Å². The number of halogens is 6. The molecule has 0 aliphatic carbocycles. The summed E-state index contributed by atoms with van der Waals surface area (Å²) in [6.45, 7) is 4.00. The molecular weight excluding hydrogens is 638 g/mol. The number of aromatic nitrogens is 6. The molecule has 0 saturated carbocycles. The Morgan fingerprint density at radius 3 is 2.39 bits per heavy atom. The molecule has 0 saturated heterocycles. The fourth-order valence-electron chi connectivity index (χ4n) is 5.00. The highest BCUT2D eigenvalue weighted by molar-refractivity contribution is 7.21. The minimum atomic E-state index is -4.93. The van der Waals surface area contributed by atoms with Crippen molar-refractivity contribution in [2.24, 2.45) is 5.73 Å². The fourth-order valence-corrected chi connectivity index (χ4v) is 6.01. The lowest BCUT2D eigenvalue weighted by Gasteiger charge is -2.11. The van der Waals surface area contributed by atoms with E-state index in [0.29, 0.717) is 39.7 Å². The number of nitrogens with two attached hydrogens (primary N) is 1. The van der Waals surface area contributed by atoms with Crippen LogP contribution in [0.5, 0.6) is 0 Å². The third kappa shape index (κ3) is 5.31. The Kier molecular flexibility index (Phi) is 7.50. The normalized spacial score (nSPS) is 12.0. The van der Waals surface area contributed by atoms with E-state index in [9.17, 15) is 35.9 Å². The number of rotatable bonds is 7. The number of pyridine rings is 1. The number of thiophene rings is 1. The highest BCUT2D eigenvalue weighted by Crippen LogP contribution is 2.43. The van der Waals surface area contributed by atoms with Crippen molar-refractivity contribution in [3.8, 4) is 22.4 Å². The van der Waals surface area contributed by atoms with Gasteiger partial charge in [0, 0.05) is 34.8 Å². The number of alkyl halides is 5. The van der Waals surface area contributed by atoms with Crippen LogP contribution in [0.15, 0.2) is 48.7 Å². The summed E-state index contributed by atoms with van der Waals surface area (Å²) in [4.78, 5) is 33.9. The number of nitrogens with one attached hydrogen (secondary N) is 1. The van der Waals surface area contributed by atoms with E-state index in [4.69, 9.17) is 5.73 Å². The number of hydrogen-bond acceptors (Lipinski definition) is 7. The highest BCUT2D eigenvalue weighted by atomic mass is 32.1. The molecule has 0 aliphatic heterocycles. The number of primary amides is 1. The van der Waals surface area contributed by atoms with Crippen LogP contribution in [-0.2, 0) is 12.7 Å². The van der Waals surface area contributed by atoms with Crippen LogP contribution >= 0.6 is 11.3 Å². The second kappa shape index (κ2) is 11.2. The fraction of sp³-hybridized carbons (Fsp3) is 0.172. The maximum absolute atomic E-state index is 14.1. The zero-order valence-corrected chi connectivity index (χ0v) is 24.5. The Morgan fingerprint density at radius 2 is 1.78 bits per heavy atom. The van der Waals surface area contributed by atoms with E-state index in [-0.39, 0.29) is 43.2 Å². The molecule has 5 aromatic heterocycles. The molecule has 0 unspecified atom stereocenters. The zero-order valence-electron chi connectivity index (χ0n) is 23.7. The molecule has 0 atom stereocenters. The monoisotopic (exact) mass is 658 g/mol. The van der Waals surface area contributed by atoms with Gasteiger partial charge in [-0.1, -0.05) is 0 Å². The van der Waals surface area contributed by atoms with Gasteiger partial charge in [0.25, 0.3) is 18.2 Å². The first-order valence-corrected chi connectivity index (χ1v) is 14.2. The van der Waals surface area contributed by atoms with Crippen molar-refractivity contribution in [2.75, 3.05) is 5.32 Å². The Labute approximate surface area is 258 Å². The predicted molar refractivity (Wildman–Crippen MR) is 156 cm³/mol. The van der Waals surface area contributed by atoms with Crippen LogP contribution in [-0.4, -0.2) is 41.2 Å². The number of carbonyl (C=O) groups is 2. The lowest BCUT2D eigenvalue weighted by molar-refractivity contribution is -0.142. The molecule has 2 amide bonds. The molecule has 5 heterocycles. The summed E-state index contributed by atoms with van der Waals surface area (Å²) in [5, 5.41) is 10.7. The van der Waals surface area contributed by atoms with Gasteiger partial charge in [0.05, 0.1) is 17.6 Å². The van der Waals surface area contributed by atoms with Gasteiger partial charge in [0.2, 0.25) is 0 Å². The SMILES string of the molecule is CCn1ncc(-c2cc(C(F)F)nc3sc(C(N)=O)c(NC(=O)c4cc5nc(-c6ccc(F)cc6)cc(C(F)(F)F)n5n4)c23)c1C. The maximum atomic E-state index is 14.1. The first-order chi connectivity index (χ1) is 21.8. The quantitative estimate of drug-likeness (QED) is 0.185. The average molecular weight is 659 g/mol. The minimum Gasteiger partial charge on any atom is -0.365 e. The van der Waals surface area contributed by atoms with Crippen molar-refractivity contribution in [3.05, 3.63) is 82.1 Å². The lowest BCUT2D eigenvalue weighted by Crippen LogP contribution is -2.18. The van der Waals surface area contributed by atoms with Crippen molar-refractivity contribution in [1.82, 2.24) is 29.4 Å². The molecule has 0 bridgehead atoms. The average Bonchev–Trinajstić information content (AvgIpc) is 3.71. The second-order valence-corrected chi connectivity index (χ2v) is 11.0. The van der Waals surface area contributed by atoms with Gasteiger partial charge in [-0.15, -0.1) is 11.3 Å². The molecule has 46 heavy (non-hydrogen) atoms. The van der Waals surface area contributed by atoms with Crippen molar-refractivity contribution in [2.45, 2.75) is 33.0 Å². The number of carbonyl (C=O) groups excluding carboxylic acids is 2. The topological polar surface area (TPSA) is 133 Å². The number of benzene rings is 1. The molecule has 0 radical (unpaired) electrons. The van der Waals surface area contributed by atoms with E-state index in [2.05, 4.69) is 25.5 Å². The van der Waals surface area contributed by atoms with Gasteiger partial charge >= 0.3 is 6.18 Å². The molecule has 17 heteroatoms.